The Morgan fingerprint density at radius 3 is 2.96 bits per heavy atom. The van der Waals surface area contributed by atoms with Crippen molar-refractivity contribution in [3.63, 3.8) is 0 Å². The van der Waals surface area contributed by atoms with Gasteiger partial charge in [0.05, 0.1) is 12.7 Å². The van der Waals surface area contributed by atoms with E-state index in [1.54, 1.807) is 30.3 Å². The van der Waals surface area contributed by atoms with Crippen LogP contribution in [0, 0.1) is 5.92 Å². The largest absolute Gasteiger partial charge is 0.508 e. The predicted octanol–water partition coefficient (Wildman–Crippen LogP) is 2.92. The molecule has 0 radical (unpaired) electrons. The molecule has 0 fully saturated rings. The summed E-state index contributed by atoms with van der Waals surface area (Å²) < 4.78 is 5.72. The number of benzene rings is 2. The quantitative estimate of drug-likeness (QED) is 0.787. The van der Waals surface area contributed by atoms with Gasteiger partial charge in [-0.2, -0.15) is 0 Å². The smallest absolute Gasteiger partial charge is 0.122 e. The van der Waals surface area contributed by atoms with E-state index < -0.39 is 6.10 Å². The zero-order valence-corrected chi connectivity index (χ0v) is 13.5. The van der Waals surface area contributed by atoms with E-state index >= 15 is 0 Å². The van der Waals surface area contributed by atoms with Gasteiger partial charge in [0.25, 0.3) is 0 Å². The molecular formula is C18H20ClNO3. The topological polar surface area (TPSA) is 61.7 Å². The minimum absolute atomic E-state index is 0.261. The van der Waals surface area contributed by atoms with Crippen molar-refractivity contribution < 1.29 is 14.9 Å². The predicted molar refractivity (Wildman–Crippen MR) is 90.1 cm³/mol. The summed E-state index contributed by atoms with van der Waals surface area (Å²) in [6.07, 6.45) is 0.263. The molecule has 0 spiro atoms. The summed E-state index contributed by atoms with van der Waals surface area (Å²) in [6, 6.07) is 12.5. The van der Waals surface area contributed by atoms with Crippen LogP contribution >= 0.6 is 11.6 Å². The fourth-order valence-electron chi connectivity index (χ4n) is 2.83. The van der Waals surface area contributed by atoms with E-state index in [1.807, 2.05) is 12.1 Å². The minimum atomic E-state index is -0.588. The number of aromatic hydroxyl groups is 1. The van der Waals surface area contributed by atoms with Crippen LogP contribution in [0.4, 0.5) is 0 Å². The van der Waals surface area contributed by atoms with Crippen LogP contribution in [0.1, 0.15) is 17.2 Å². The molecule has 3 rings (SSSR count). The molecule has 5 heteroatoms. The Balaban J connectivity index is 1.50. The van der Waals surface area contributed by atoms with Crippen LogP contribution in [0.2, 0.25) is 5.02 Å². The molecule has 0 aliphatic carbocycles. The molecule has 23 heavy (non-hydrogen) atoms. The second kappa shape index (κ2) is 7.21. The molecule has 0 saturated carbocycles. The third-order valence-corrected chi connectivity index (χ3v) is 4.27. The van der Waals surface area contributed by atoms with Crippen LogP contribution in [-0.2, 0) is 6.42 Å². The molecule has 0 bridgehead atoms. The molecule has 0 saturated heterocycles. The zero-order chi connectivity index (χ0) is 16.2. The van der Waals surface area contributed by atoms with Gasteiger partial charge in [0, 0.05) is 24.0 Å². The van der Waals surface area contributed by atoms with Gasteiger partial charge < -0.3 is 20.3 Å². The molecule has 2 atom stereocenters. The van der Waals surface area contributed by atoms with Crippen LogP contribution in [0.25, 0.3) is 0 Å². The SMILES string of the molecule is Oc1ccc2c(c1)C[C@@H](CNC[C@H](O)c1cccc(Cl)c1)CO2. The van der Waals surface area contributed by atoms with Gasteiger partial charge in [-0.25, -0.2) is 0 Å². The average Bonchev–Trinajstić information content (AvgIpc) is 2.54. The molecule has 122 valence electrons. The number of ether oxygens (including phenoxy) is 1. The van der Waals surface area contributed by atoms with Crippen LogP contribution in [-0.4, -0.2) is 29.9 Å². The third-order valence-electron chi connectivity index (χ3n) is 4.03. The van der Waals surface area contributed by atoms with Crippen LogP contribution in [0.3, 0.4) is 0 Å². The molecule has 1 heterocycles. The lowest BCUT2D eigenvalue weighted by molar-refractivity contribution is 0.165. The highest BCUT2D eigenvalue weighted by Crippen LogP contribution is 2.30. The molecule has 0 aromatic heterocycles. The number of hydrogen-bond acceptors (Lipinski definition) is 4. The standard InChI is InChI=1S/C18H20ClNO3/c19-15-3-1-2-13(7-15)17(22)10-20-9-12-6-14-8-16(21)4-5-18(14)23-11-12/h1-5,7-8,12,17,20-22H,6,9-11H2/t12-,17-/m0/s1. The van der Waals surface area contributed by atoms with Gasteiger partial charge in [0.1, 0.15) is 11.5 Å². The van der Waals surface area contributed by atoms with Gasteiger partial charge >= 0.3 is 0 Å². The Hall–Kier alpha value is -1.75. The Labute approximate surface area is 140 Å². The van der Waals surface area contributed by atoms with Crippen molar-refractivity contribution in [1.29, 1.82) is 0 Å². The summed E-state index contributed by atoms with van der Waals surface area (Å²) in [4.78, 5) is 0. The maximum atomic E-state index is 10.2. The van der Waals surface area contributed by atoms with Crippen molar-refractivity contribution in [2.24, 2.45) is 5.92 Å². The maximum Gasteiger partial charge on any atom is 0.122 e. The van der Waals surface area contributed by atoms with E-state index in [2.05, 4.69) is 5.32 Å². The Morgan fingerprint density at radius 1 is 1.26 bits per heavy atom. The molecule has 4 nitrogen and oxygen atoms in total. The normalized spacial score (nSPS) is 18.1. The highest BCUT2D eigenvalue weighted by Gasteiger charge is 2.20. The van der Waals surface area contributed by atoms with Gasteiger partial charge in [-0.15, -0.1) is 0 Å². The summed E-state index contributed by atoms with van der Waals surface area (Å²) in [5, 5.41) is 23.6. The number of aliphatic hydroxyl groups is 1. The molecule has 0 amide bonds. The number of phenolic OH excluding ortho intramolecular Hbond substituents is 1. The molecule has 2 aromatic rings. The number of phenols is 1. The molecule has 0 unspecified atom stereocenters. The van der Waals surface area contributed by atoms with Crippen molar-refractivity contribution in [3.8, 4) is 11.5 Å². The van der Waals surface area contributed by atoms with Gasteiger partial charge in [-0.05, 0) is 47.9 Å². The average molecular weight is 334 g/mol. The van der Waals surface area contributed by atoms with Crippen molar-refractivity contribution in [1.82, 2.24) is 5.32 Å². The molecule has 1 aliphatic heterocycles. The van der Waals surface area contributed by atoms with Crippen LogP contribution < -0.4 is 10.1 Å². The van der Waals surface area contributed by atoms with Gasteiger partial charge in [-0.3, -0.25) is 0 Å². The molecule has 1 aliphatic rings. The van der Waals surface area contributed by atoms with Crippen molar-refractivity contribution in [2.75, 3.05) is 19.7 Å². The first-order valence-electron chi connectivity index (χ1n) is 7.71. The van der Waals surface area contributed by atoms with Crippen molar-refractivity contribution >= 4 is 11.6 Å². The second-order valence-corrected chi connectivity index (χ2v) is 6.34. The Bertz CT molecular complexity index is 677. The first-order chi connectivity index (χ1) is 11.1. The number of aliphatic hydroxyl groups excluding tert-OH is 1. The number of halogens is 1. The van der Waals surface area contributed by atoms with Gasteiger partial charge in [-0.1, -0.05) is 23.7 Å². The first-order valence-corrected chi connectivity index (χ1v) is 8.08. The first kappa shape index (κ1) is 16.1. The zero-order valence-electron chi connectivity index (χ0n) is 12.7. The highest BCUT2D eigenvalue weighted by atomic mass is 35.5. The number of hydrogen-bond donors (Lipinski definition) is 3. The summed E-state index contributed by atoms with van der Waals surface area (Å²) in [6.45, 7) is 1.84. The van der Waals surface area contributed by atoms with Gasteiger partial charge in [0.15, 0.2) is 0 Å². The molecule has 3 N–H and O–H groups in total. The third kappa shape index (κ3) is 4.16. The fraction of sp³-hybridized carbons (Fsp3) is 0.333. The van der Waals surface area contributed by atoms with Gasteiger partial charge in [0.2, 0.25) is 0 Å². The highest BCUT2D eigenvalue weighted by molar-refractivity contribution is 6.30. The number of rotatable bonds is 5. The summed E-state index contributed by atoms with van der Waals surface area (Å²) in [5.41, 5.74) is 1.83. The van der Waals surface area contributed by atoms with E-state index in [-0.39, 0.29) is 5.75 Å². The Morgan fingerprint density at radius 2 is 2.13 bits per heavy atom. The van der Waals surface area contributed by atoms with Crippen LogP contribution in [0.5, 0.6) is 11.5 Å². The van der Waals surface area contributed by atoms with Crippen LogP contribution in [0.15, 0.2) is 42.5 Å². The number of nitrogens with one attached hydrogen (secondary N) is 1. The summed E-state index contributed by atoms with van der Waals surface area (Å²) >= 11 is 5.94. The van der Waals surface area contributed by atoms with E-state index in [0.717, 1.165) is 29.8 Å². The Kier molecular flexibility index (Phi) is 5.06. The lowest BCUT2D eigenvalue weighted by Gasteiger charge is -2.26. The molecular weight excluding hydrogens is 314 g/mol. The monoisotopic (exact) mass is 333 g/mol. The number of fused-ring (bicyclic) bond motifs is 1. The summed E-state index contributed by atoms with van der Waals surface area (Å²) in [7, 11) is 0. The second-order valence-electron chi connectivity index (χ2n) is 5.90. The van der Waals surface area contributed by atoms with Crippen molar-refractivity contribution in [2.45, 2.75) is 12.5 Å². The van der Waals surface area contributed by atoms with E-state index in [4.69, 9.17) is 16.3 Å². The fourth-order valence-corrected chi connectivity index (χ4v) is 3.03. The minimum Gasteiger partial charge on any atom is -0.508 e. The van der Waals surface area contributed by atoms with E-state index in [9.17, 15) is 10.2 Å². The summed E-state index contributed by atoms with van der Waals surface area (Å²) in [5.74, 6) is 1.42. The molecule has 2 aromatic carbocycles. The van der Waals surface area contributed by atoms with E-state index in [0.29, 0.717) is 24.1 Å². The lowest BCUT2D eigenvalue weighted by Crippen LogP contribution is -2.33. The lowest BCUT2D eigenvalue weighted by atomic mass is 9.96. The van der Waals surface area contributed by atoms with Crippen molar-refractivity contribution in [3.05, 3.63) is 58.6 Å². The van der Waals surface area contributed by atoms with E-state index in [1.165, 1.54) is 0 Å². The maximum absolute atomic E-state index is 10.2.